The van der Waals surface area contributed by atoms with Crippen molar-refractivity contribution in [2.45, 2.75) is 58.9 Å². The fraction of sp³-hybridized carbons (Fsp3) is 0.579. The molecule has 3 heteroatoms. The first kappa shape index (κ1) is 16.7. The highest BCUT2D eigenvalue weighted by molar-refractivity contribution is 6.02. The van der Waals surface area contributed by atoms with Gasteiger partial charge in [0.2, 0.25) is 5.91 Å². The minimum absolute atomic E-state index is 0.0229. The molecule has 0 bridgehead atoms. The highest BCUT2D eigenvalue weighted by atomic mass is 16.2. The number of ketones is 1. The van der Waals surface area contributed by atoms with Crippen LogP contribution in [0.1, 0.15) is 60.5 Å². The van der Waals surface area contributed by atoms with Gasteiger partial charge in [0, 0.05) is 18.5 Å². The van der Waals surface area contributed by atoms with Gasteiger partial charge in [-0.25, -0.2) is 0 Å². The Kier molecular flexibility index (Phi) is 5.38. The molecule has 0 saturated heterocycles. The zero-order valence-corrected chi connectivity index (χ0v) is 14.2. The number of benzene rings is 1. The summed E-state index contributed by atoms with van der Waals surface area (Å²) in [6.45, 7) is 5.87. The minimum atomic E-state index is -0.406. The molecule has 1 unspecified atom stereocenters. The number of hydrogen-bond acceptors (Lipinski definition) is 2. The number of carbonyl (C=O) groups excluding carboxylic acids is 2. The number of nitrogens with zero attached hydrogens (tertiary/aromatic N) is 1. The topological polar surface area (TPSA) is 37.4 Å². The zero-order valence-electron chi connectivity index (χ0n) is 14.2. The van der Waals surface area contributed by atoms with Crippen molar-refractivity contribution >= 4 is 11.7 Å². The monoisotopic (exact) mass is 301 g/mol. The SMILES string of the molecule is Cc1ccc(C(=O)C(C)N(C)C(=O)C2CCCCC2)cc1C. The summed E-state index contributed by atoms with van der Waals surface area (Å²) in [5.74, 6) is 0.257. The van der Waals surface area contributed by atoms with Crippen molar-refractivity contribution in [2.24, 2.45) is 5.92 Å². The summed E-state index contributed by atoms with van der Waals surface area (Å²) in [7, 11) is 1.76. The molecular weight excluding hydrogens is 274 g/mol. The van der Waals surface area contributed by atoms with Crippen LogP contribution in [0.25, 0.3) is 0 Å². The third-order valence-corrected chi connectivity index (χ3v) is 5.05. The van der Waals surface area contributed by atoms with Crippen molar-refractivity contribution in [3.63, 3.8) is 0 Å². The van der Waals surface area contributed by atoms with Gasteiger partial charge in [0.25, 0.3) is 0 Å². The fourth-order valence-corrected chi connectivity index (χ4v) is 3.14. The molecule has 0 aromatic heterocycles. The highest BCUT2D eigenvalue weighted by Crippen LogP contribution is 2.26. The van der Waals surface area contributed by atoms with Crippen molar-refractivity contribution in [3.8, 4) is 0 Å². The normalized spacial score (nSPS) is 17.1. The van der Waals surface area contributed by atoms with E-state index in [1.807, 2.05) is 39.0 Å². The van der Waals surface area contributed by atoms with Gasteiger partial charge in [-0.15, -0.1) is 0 Å². The molecular formula is C19H27NO2. The Labute approximate surface area is 133 Å². The summed E-state index contributed by atoms with van der Waals surface area (Å²) < 4.78 is 0. The van der Waals surface area contributed by atoms with Crippen LogP contribution >= 0.6 is 0 Å². The maximum Gasteiger partial charge on any atom is 0.226 e. The van der Waals surface area contributed by atoms with Gasteiger partial charge in [0.05, 0.1) is 6.04 Å². The molecule has 1 atom stereocenters. The lowest BCUT2D eigenvalue weighted by molar-refractivity contribution is -0.136. The van der Waals surface area contributed by atoms with E-state index in [1.165, 1.54) is 12.0 Å². The molecule has 1 amide bonds. The van der Waals surface area contributed by atoms with Crippen LogP contribution in [-0.2, 0) is 4.79 Å². The lowest BCUT2D eigenvalue weighted by atomic mass is 9.88. The maximum atomic E-state index is 12.6. The van der Waals surface area contributed by atoms with Crippen LogP contribution in [0.2, 0.25) is 0 Å². The third kappa shape index (κ3) is 3.57. The summed E-state index contributed by atoms with van der Waals surface area (Å²) in [6, 6.07) is 5.35. The van der Waals surface area contributed by atoms with E-state index in [4.69, 9.17) is 0 Å². The number of carbonyl (C=O) groups is 2. The van der Waals surface area contributed by atoms with Gasteiger partial charge in [-0.3, -0.25) is 9.59 Å². The van der Waals surface area contributed by atoms with Gasteiger partial charge in [-0.05, 0) is 50.8 Å². The Balaban J connectivity index is 2.08. The third-order valence-electron chi connectivity index (χ3n) is 5.05. The predicted octanol–water partition coefficient (Wildman–Crippen LogP) is 3.91. The van der Waals surface area contributed by atoms with E-state index in [9.17, 15) is 9.59 Å². The Hall–Kier alpha value is -1.64. The minimum Gasteiger partial charge on any atom is -0.335 e. The first-order chi connectivity index (χ1) is 10.4. The largest absolute Gasteiger partial charge is 0.335 e. The van der Waals surface area contributed by atoms with Crippen LogP contribution in [0.3, 0.4) is 0 Å². The predicted molar refractivity (Wildman–Crippen MR) is 89.1 cm³/mol. The molecule has 0 heterocycles. The molecule has 1 aliphatic rings. The summed E-state index contributed by atoms with van der Waals surface area (Å²) in [4.78, 5) is 26.9. The van der Waals surface area contributed by atoms with E-state index in [2.05, 4.69) is 0 Å². The van der Waals surface area contributed by atoms with Gasteiger partial charge >= 0.3 is 0 Å². The van der Waals surface area contributed by atoms with E-state index in [0.29, 0.717) is 5.56 Å². The van der Waals surface area contributed by atoms with Crippen LogP contribution in [0.4, 0.5) is 0 Å². The molecule has 120 valence electrons. The van der Waals surface area contributed by atoms with Crippen LogP contribution in [0, 0.1) is 19.8 Å². The van der Waals surface area contributed by atoms with E-state index < -0.39 is 6.04 Å². The Morgan fingerprint density at radius 3 is 2.32 bits per heavy atom. The molecule has 1 saturated carbocycles. The number of rotatable bonds is 4. The average Bonchev–Trinajstić information content (AvgIpc) is 2.55. The van der Waals surface area contributed by atoms with Crippen LogP contribution < -0.4 is 0 Å². The molecule has 1 fully saturated rings. The highest BCUT2D eigenvalue weighted by Gasteiger charge is 2.29. The van der Waals surface area contributed by atoms with Crippen molar-refractivity contribution in [2.75, 3.05) is 7.05 Å². The van der Waals surface area contributed by atoms with E-state index in [0.717, 1.165) is 31.2 Å². The second-order valence-corrected chi connectivity index (χ2v) is 6.62. The zero-order chi connectivity index (χ0) is 16.3. The second-order valence-electron chi connectivity index (χ2n) is 6.62. The number of hydrogen-bond donors (Lipinski definition) is 0. The quantitative estimate of drug-likeness (QED) is 0.791. The Morgan fingerprint density at radius 2 is 1.73 bits per heavy atom. The van der Waals surface area contributed by atoms with Gasteiger partial charge < -0.3 is 4.90 Å². The van der Waals surface area contributed by atoms with Crippen molar-refractivity contribution < 1.29 is 9.59 Å². The number of likely N-dealkylation sites (N-methyl/N-ethyl adjacent to an activating group) is 1. The molecule has 1 aromatic rings. The molecule has 0 radical (unpaired) electrons. The standard InChI is InChI=1S/C19H27NO2/c1-13-10-11-17(12-14(13)2)18(21)15(3)20(4)19(22)16-8-6-5-7-9-16/h10-12,15-16H,5-9H2,1-4H3. The van der Waals surface area contributed by atoms with Crippen molar-refractivity contribution in [1.82, 2.24) is 4.90 Å². The lowest BCUT2D eigenvalue weighted by Gasteiger charge is -2.30. The second kappa shape index (κ2) is 7.08. The van der Waals surface area contributed by atoms with E-state index >= 15 is 0 Å². The summed E-state index contributed by atoms with van der Waals surface area (Å²) in [5, 5.41) is 0. The molecule has 1 aromatic carbocycles. The maximum absolute atomic E-state index is 12.6. The summed E-state index contributed by atoms with van der Waals surface area (Å²) in [5.41, 5.74) is 2.98. The first-order valence-electron chi connectivity index (χ1n) is 8.30. The Bertz CT molecular complexity index is 559. The first-order valence-corrected chi connectivity index (χ1v) is 8.30. The van der Waals surface area contributed by atoms with Crippen LogP contribution in [0.15, 0.2) is 18.2 Å². The number of amides is 1. The van der Waals surface area contributed by atoms with E-state index in [1.54, 1.807) is 11.9 Å². The molecule has 2 rings (SSSR count). The van der Waals surface area contributed by atoms with Crippen LogP contribution in [-0.4, -0.2) is 29.7 Å². The summed E-state index contributed by atoms with van der Waals surface area (Å²) in [6.07, 6.45) is 5.42. The van der Waals surface area contributed by atoms with Gasteiger partial charge in [0.15, 0.2) is 5.78 Å². The molecule has 0 aliphatic heterocycles. The van der Waals surface area contributed by atoms with Gasteiger partial charge in [-0.2, -0.15) is 0 Å². The molecule has 1 aliphatic carbocycles. The average molecular weight is 301 g/mol. The Morgan fingerprint density at radius 1 is 1.09 bits per heavy atom. The summed E-state index contributed by atoms with van der Waals surface area (Å²) >= 11 is 0. The van der Waals surface area contributed by atoms with Crippen LogP contribution in [0.5, 0.6) is 0 Å². The van der Waals surface area contributed by atoms with Crippen molar-refractivity contribution in [1.29, 1.82) is 0 Å². The molecule has 0 N–H and O–H groups in total. The van der Waals surface area contributed by atoms with Crippen molar-refractivity contribution in [3.05, 3.63) is 34.9 Å². The number of Topliss-reactive ketones (excluding diaryl/α,β-unsaturated/α-hetero) is 1. The number of aryl methyl sites for hydroxylation is 2. The molecule has 0 spiro atoms. The fourth-order valence-electron chi connectivity index (χ4n) is 3.14. The molecule has 3 nitrogen and oxygen atoms in total. The lowest BCUT2D eigenvalue weighted by Crippen LogP contribution is -2.43. The van der Waals surface area contributed by atoms with Gasteiger partial charge in [-0.1, -0.05) is 31.4 Å². The smallest absolute Gasteiger partial charge is 0.226 e. The van der Waals surface area contributed by atoms with Gasteiger partial charge in [0.1, 0.15) is 0 Å². The van der Waals surface area contributed by atoms with E-state index in [-0.39, 0.29) is 17.6 Å². The molecule has 22 heavy (non-hydrogen) atoms.